The predicted octanol–water partition coefficient (Wildman–Crippen LogP) is 2.96. The van der Waals surface area contributed by atoms with Crippen LogP contribution in [0, 0.1) is 0 Å². The molecule has 1 aromatic rings. The molecule has 0 bridgehead atoms. The second-order valence-corrected chi connectivity index (χ2v) is 5.16. The molecule has 15 heavy (non-hydrogen) atoms. The molecule has 82 valence electrons. The molecule has 2 rings (SSSR count). The number of aliphatic hydroxyl groups is 1. The van der Waals surface area contributed by atoms with Crippen molar-refractivity contribution in [3.05, 3.63) is 34.9 Å². The first-order valence-electron chi connectivity index (χ1n) is 5.60. The van der Waals surface area contributed by atoms with Crippen LogP contribution in [0.1, 0.15) is 35.6 Å². The molecule has 0 radical (unpaired) electrons. The van der Waals surface area contributed by atoms with Gasteiger partial charge in [0.1, 0.15) is 0 Å². The maximum absolute atomic E-state index is 9.97. The average molecular weight is 222 g/mol. The second kappa shape index (κ2) is 5.04. The fraction of sp³-hybridized carbons (Fsp3) is 0.538. The zero-order chi connectivity index (χ0) is 10.7. The molecule has 1 atom stereocenters. The molecule has 0 aliphatic heterocycles. The van der Waals surface area contributed by atoms with Crippen LogP contribution in [-0.2, 0) is 12.8 Å². The maximum atomic E-state index is 9.97. The fourth-order valence-corrected chi connectivity index (χ4v) is 2.65. The van der Waals surface area contributed by atoms with Crippen LogP contribution in [0.2, 0.25) is 0 Å². The Labute approximate surface area is 95.9 Å². The van der Waals surface area contributed by atoms with E-state index >= 15 is 0 Å². The summed E-state index contributed by atoms with van der Waals surface area (Å²) in [6.45, 7) is 0. The first-order valence-corrected chi connectivity index (χ1v) is 6.99. The zero-order valence-electron chi connectivity index (χ0n) is 9.20. The standard InChI is InChI=1S/C13H18OS/c1-15-8-7-13(14)12-6-5-10-3-2-4-11(10)9-12/h5-6,9,13-14H,2-4,7-8H2,1H3. The highest BCUT2D eigenvalue weighted by Gasteiger charge is 2.13. The molecular formula is C13H18OS. The highest BCUT2D eigenvalue weighted by Crippen LogP contribution is 2.26. The second-order valence-electron chi connectivity index (χ2n) is 4.18. The Kier molecular flexibility index (Phi) is 3.71. The largest absolute Gasteiger partial charge is 0.388 e. The van der Waals surface area contributed by atoms with Crippen molar-refractivity contribution in [1.29, 1.82) is 0 Å². The number of rotatable bonds is 4. The van der Waals surface area contributed by atoms with E-state index in [2.05, 4.69) is 24.5 Å². The van der Waals surface area contributed by atoms with Crippen molar-refractivity contribution in [2.45, 2.75) is 31.8 Å². The van der Waals surface area contributed by atoms with Crippen LogP contribution in [0.4, 0.5) is 0 Å². The van der Waals surface area contributed by atoms with Gasteiger partial charge >= 0.3 is 0 Å². The topological polar surface area (TPSA) is 20.2 Å². The van der Waals surface area contributed by atoms with E-state index in [9.17, 15) is 5.11 Å². The molecule has 1 N–H and O–H groups in total. The van der Waals surface area contributed by atoms with Crippen molar-refractivity contribution >= 4 is 11.8 Å². The number of thioether (sulfide) groups is 1. The van der Waals surface area contributed by atoms with Crippen molar-refractivity contribution in [2.24, 2.45) is 0 Å². The lowest BCUT2D eigenvalue weighted by Crippen LogP contribution is -2.00. The van der Waals surface area contributed by atoms with E-state index in [1.54, 1.807) is 11.8 Å². The molecule has 0 amide bonds. The molecule has 0 heterocycles. The highest BCUT2D eigenvalue weighted by atomic mass is 32.2. The van der Waals surface area contributed by atoms with Crippen LogP contribution in [0.15, 0.2) is 18.2 Å². The maximum Gasteiger partial charge on any atom is 0.0798 e. The number of aliphatic hydroxyl groups excluding tert-OH is 1. The van der Waals surface area contributed by atoms with Gasteiger partial charge in [0.2, 0.25) is 0 Å². The van der Waals surface area contributed by atoms with Gasteiger partial charge in [-0.3, -0.25) is 0 Å². The van der Waals surface area contributed by atoms with E-state index < -0.39 is 0 Å². The van der Waals surface area contributed by atoms with Crippen LogP contribution in [0.25, 0.3) is 0 Å². The molecule has 0 aromatic heterocycles. The van der Waals surface area contributed by atoms with Crippen molar-refractivity contribution < 1.29 is 5.11 Å². The van der Waals surface area contributed by atoms with Crippen molar-refractivity contribution in [3.63, 3.8) is 0 Å². The fourth-order valence-electron chi connectivity index (χ4n) is 2.20. The van der Waals surface area contributed by atoms with Crippen molar-refractivity contribution in [3.8, 4) is 0 Å². The summed E-state index contributed by atoms with van der Waals surface area (Å²) in [5, 5.41) is 9.97. The Morgan fingerprint density at radius 2 is 2.13 bits per heavy atom. The molecule has 1 aromatic carbocycles. The van der Waals surface area contributed by atoms with Gasteiger partial charge in [0.05, 0.1) is 6.10 Å². The van der Waals surface area contributed by atoms with Crippen LogP contribution in [0.3, 0.4) is 0 Å². The minimum Gasteiger partial charge on any atom is -0.388 e. The summed E-state index contributed by atoms with van der Waals surface area (Å²) in [5.41, 5.74) is 4.04. The van der Waals surface area contributed by atoms with Gasteiger partial charge in [-0.25, -0.2) is 0 Å². The lowest BCUT2D eigenvalue weighted by molar-refractivity contribution is 0.175. The van der Waals surface area contributed by atoms with Crippen molar-refractivity contribution in [1.82, 2.24) is 0 Å². The van der Waals surface area contributed by atoms with Crippen LogP contribution in [0.5, 0.6) is 0 Å². The summed E-state index contributed by atoms with van der Waals surface area (Å²) in [6, 6.07) is 6.49. The molecule has 0 saturated carbocycles. The Morgan fingerprint density at radius 1 is 1.33 bits per heavy atom. The summed E-state index contributed by atoms with van der Waals surface area (Å²) in [4.78, 5) is 0. The Bertz CT molecular complexity index is 335. The Hall–Kier alpha value is -0.470. The molecule has 2 heteroatoms. The number of hydrogen-bond donors (Lipinski definition) is 1. The third kappa shape index (κ3) is 2.56. The van der Waals surface area contributed by atoms with Gasteiger partial charge in [-0.1, -0.05) is 18.2 Å². The first kappa shape index (κ1) is 11.0. The number of benzene rings is 1. The molecule has 1 aliphatic rings. The number of hydrogen-bond acceptors (Lipinski definition) is 2. The predicted molar refractivity (Wildman–Crippen MR) is 66.4 cm³/mol. The van der Waals surface area contributed by atoms with Crippen molar-refractivity contribution in [2.75, 3.05) is 12.0 Å². The van der Waals surface area contributed by atoms with Gasteiger partial charge in [-0.05, 0) is 54.4 Å². The van der Waals surface area contributed by atoms with E-state index in [4.69, 9.17) is 0 Å². The molecule has 1 unspecified atom stereocenters. The van der Waals surface area contributed by atoms with Crippen LogP contribution in [-0.4, -0.2) is 17.1 Å². The molecule has 0 spiro atoms. The van der Waals surface area contributed by atoms with E-state index in [0.29, 0.717) is 0 Å². The quantitative estimate of drug-likeness (QED) is 0.845. The molecule has 0 fully saturated rings. The lowest BCUT2D eigenvalue weighted by atomic mass is 10.0. The van der Waals surface area contributed by atoms with E-state index in [1.165, 1.54) is 30.4 Å². The summed E-state index contributed by atoms with van der Waals surface area (Å²) >= 11 is 1.79. The number of fused-ring (bicyclic) bond motifs is 1. The summed E-state index contributed by atoms with van der Waals surface area (Å²) < 4.78 is 0. The average Bonchev–Trinajstić information content (AvgIpc) is 2.72. The van der Waals surface area contributed by atoms with Gasteiger partial charge in [0.15, 0.2) is 0 Å². The Balaban J connectivity index is 2.08. The van der Waals surface area contributed by atoms with Gasteiger partial charge in [0, 0.05) is 0 Å². The normalized spacial score (nSPS) is 16.4. The monoisotopic (exact) mass is 222 g/mol. The SMILES string of the molecule is CSCCC(O)c1ccc2c(c1)CCC2. The van der Waals surface area contributed by atoms with E-state index in [-0.39, 0.29) is 6.10 Å². The minimum absolute atomic E-state index is 0.275. The molecule has 1 aliphatic carbocycles. The smallest absolute Gasteiger partial charge is 0.0798 e. The zero-order valence-corrected chi connectivity index (χ0v) is 10.0. The first-order chi connectivity index (χ1) is 7.31. The van der Waals surface area contributed by atoms with Gasteiger partial charge in [-0.15, -0.1) is 0 Å². The third-order valence-corrected chi connectivity index (χ3v) is 3.75. The van der Waals surface area contributed by atoms with Gasteiger partial charge < -0.3 is 5.11 Å². The van der Waals surface area contributed by atoms with Crippen LogP contribution < -0.4 is 0 Å². The van der Waals surface area contributed by atoms with E-state index in [0.717, 1.165) is 17.7 Å². The summed E-state index contributed by atoms with van der Waals surface area (Å²) in [6.07, 6.45) is 6.35. The number of aryl methyl sites for hydroxylation is 2. The van der Waals surface area contributed by atoms with Gasteiger partial charge in [-0.2, -0.15) is 11.8 Å². The minimum atomic E-state index is -0.275. The highest BCUT2D eigenvalue weighted by molar-refractivity contribution is 7.98. The summed E-state index contributed by atoms with van der Waals surface area (Å²) in [7, 11) is 0. The Morgan fingerprint density at radius 3 is 2.93 bits per heavy atom. The van der Waals surface area contributed by atoms with Gasteiger partial charge in [0.25, 0.3) is 0 Å². The van der Waals surface area contributed by atoms with Crippen LogP contribution >= 0.6 is 11.8 Å². The third-order valence-electron chi connectivity index (χ3n) is 3.10. The lowest BCUT2D eigenvalue weighted by Gasteiger charge is -2.11. The summed E-state index contributed by atoms with van der Waals surface area (Å²) in [5.74, 6) is 1.03. The molecule has 1 nitrogen and oxygen atoms in total. The van der Waals surface area contributed by atoms with E-state index in [1.807, 2.05) is 0 Å². The molecule has 0 saturated heterocycles. The molecular weight excluding hydrogens is 204 g/mol.